The Hall–Kier alpha value is -0.0800. The van der Waals surface area contributed by atoms with Gasteiger partial charge in [-0.05, 0) is 19.3 Å². The molecule has 0 bridgehead atoms. The first kappa shape index (κ1) is 9.47. The molecule has 2 unspecified atom stereocenters. The Morgan fingerprint density at radius 1 is 1.31 bits per heavy atom. The fourth-order valence-electron chi connectivity index (χ4n) is 2.53. The van der Waals surface area contributed by atoms with E-state index in [1.165, 1.54) is 32.1 Å². The molecule has 0 aromatic carbocycles. The third kappa shape index (κ3) is 2.68. The van der Waals surface area contributed by atoms with E-state index in [9.17, 15) is 0 Å². The molecule has 1 aliphatic heterocycles. The lowest BCUT2D eigenvalue weighted by molar-refractivity contribution is 0.01000. The summed E-state index contributed by atoms with van der Waals surface area (Å²) in [6, 6.07) is 0.638. The first-order valence-corrected chi connectivity index (χ1v) is 5.69. The lowest BCUT2D eigenvalue weighted by atomic mass is 9.98. The molecule has 1 aliphatic carbocycles. The molecule has 0 radical (unpaired) electrons. The summed E-state index contributed by atoms with van der Waals surface area (Å²) in [6.45, 7) is 4.11. The second-order valence-corrected chi connectivity index (χ2v) is 4.64. The van der Waals surface area contributed by atoms with Crippen LogP contribution < -0.4 is 5.32 Å². The number of nitrogens with one attached hydrogen (secondary N) is 1. The van der Waals surface area contributed by atoms with Gasteiger partial charge in [0.25, 0.3) is 0 Å². The Morgan fingerprint density at radius 2 is 2.08 bits per heavy atom. The van der Waals surface area contributed by atoms with Gasteiger partial charge in [-0.1, -0.05) is 25.7 Å². The monoisotopic (exact) mass is 183 g/mol. The van der Waals surface area contributed by atoms with Crippen LogP contribution >= 0.6 is 0 Å². The Balaban J connectivity index is 1.69. The average Bonchev–Trinajstić information content (AvgIpc) is 2.62. The van der Waals surface area contributed by atoms with E-state index in [1.807, 2.05) is 0 Å². The summed E-state index contributed by atoms with van der Waals surface area (Å²) in [6.07, 6.45) is 7.57. The maximum absolute atomic E-state index is 5.64. The lowest BCUT2D eigenvalue weighted by Crippen LogP contribution is -2.45. The van der Waals surface area contributed by atoms with Crippen molar-refractivity contribution < 1.29 is 4.74 Å². The minimum Gasteiger partial charge on any atom is -0.376 e. The minimum absolute atomic E-state index is 0.417. The highest BCUT2D eigenvalue weighted by atomic mass is 16.5. The van der Waals surface area contributed by atoms with Gasteiger partial charge in [0.15, 0.2) is 0 Å². The molecule has 76 valence electrons. The number of hydrogen-bond acceptors (Lipinski definition) is 2. The Bertz CT molecular complexity index is 146. The molecule has 0 amide bonds. The van der Waals surface area contributed by atoms with Crippen molar-refractivity contribution in [3.8, 4) is 0 Å². The molecule has 13 heavy (non-hydrogen) atoms. The Kier molecular flexibility index (Phi) is 3.23. The van der Waals surface area contributed by atoms with Gasteiger partial charge in [0.05, 0.1) is 12.7 Å². The van der Waals surface area contributed by atoms with Crippen LogP contribution in [0.1, 0.15) is 39.0 Å². The van der Waals surface area contributed by atoms with Crippen LogP contribution in [0.3, 0.4) is 0 Å². The minimum atomic E-state index is 0.417. The van der Waals surface area contributed by atoms with Crippen LogP contribution in [0.2, 0.25) is 0 Å². The highest BCUT2D eigenvalue weighted by Gasteiger charge is 2.23. The molecule has 0 aromatic rings. The predicted molar refractivity (Wildman–Crippen MR) is 53.8 cm³/mol. The van der Waals surface area contributed by atoms with Crippen molar-refractivity contribution in [2.24, 2.45) is 5.92 Å². The van der Waals surface area contributed by atoms with Gasteiger partial charge in [0, 0.05) is 12.6 Å². The normalized spacial score (nSPS) is 36.7. The van der Waals surface area contributed by atoms with Gasteiger partial charge in [-0.3, -0.25) is 0 Å². The van der Waals surface area contributed by atoms with E-state index in [4.69, 9.17) is 4.74 Å². The summed E-state index contributed by atoms with van der Waals surface area (Å²) >= 11 is 0. The van der Waals surface area contributed by atoms with Gasteiger partial charge < -0.3 is 10.1 Å². The molecule has 1 heterocycles. The van der Waals surface area contributed by atoms with E-state index in [2.05, 4.69) is 12.2 Å². The van der Waals surface area contributed by atoms with Gasteiger partial charge in [-0.15, -0.1) is 0 Å². The molecule has 1 N–H and O–H groups in total. The van der Waals surface area contributed by atoms with E-state index < -0.39 is 0 Å². The summed E-state index contributed by atoms with van der Waals surface area (Å²) < 4.78 is 5.64. The van der Waals surface area contributed by atoms with Crippen molar-refractivity contribution in [1.29, 1.82) is 0 Å². The van der Waals surface area contributed by atoms with Crippen molar-refractivity contribution in [1.82, 2.24) is 5.32 Å². The summed E-state index contributed by atoms with van der Waals surface area (Å²) in [5.41, 5.74) is 0. The number of morpholine rings is 1. The lowest BCUT2D eigenvalue weighted by Gasteiger charge is -2.29. The van der Waals surface area contributed by atoms with E-state index in [1.54, 1.807) is 0 Å². The number of rotatable bonds is 2. The second kappa shape index (κ2) is 4.43. The van der Waals surface area contributed by atoms with Gasteiger partial charge in [0.1, 0.15) is 0 Å². The molecule has 1 saturated carbocycles. The van der Waals surface area contributed by atoms with E-state index in [0.717, 1.165) is 19.1 Å². The quantitative estimate of drug-likeness (QED) is 0.706. The molecular formula is C11H21NO. The Labute approximate surface area is 81.0 Å². The Morgan fingerprint density at radius 3 is 2.69 bits per heavy atom. The maximum atomic E-state index is 5.64. The van der Waals surface area contributed by atoms with Crippen LogP contribution in [0.5, 0.6) is 0 Å². The highest BCUT2D eigenvalue weighted by molar-refractivity contribution is 4.79. The first-order valence-electron chi connectivity index (χ1n) is 5.69. The van der Waals surface area contributed by atoms with Gasteiger partial charge >= 0.3 is 0 Å². The highest BCUT2D eigenvalue weighted by Crippen LogP contribution is 2.29. The molecule has 2 fully saturated rings. The van der Waals surface area contributed by atoms with Crippen molar-refractivity contribution in [2.75, 3.05) is 13.2 Å². The van der Waals surface area contributed by atoms with Crippen molar-refractivity contribution in [3.05, 3.63) is 0 Å². The standard InChI is InChI=1S/C11H21NO/c1-9-7-12-11(8-13-9)6-10-4-2-3-5-10/h9-12H,2-8H2,1H3. The van der Waals surface area contributed by atoms with Crippen LogP contribution in [0, 0.1) is 5.92 Å². The largest absolute Gasteiger partial charge is 0.376 e. The topological polar surface area (TPSA) is 21.3 Å². The van der Waals surface area contributed by atoms with Gasteiger partial charge in [-0.25, -0.2) is 0 Å². The van der Waals surface area contributed by atoms with Gasteiger partial charge in [0.2, 0.25) is 0 Å². The zero-order valence-electron chi connectivity index (χ0n) is 8.59. The zero-order valence-corrected chi connectivity index (χ0v) is 8.59. The van der Waals surface area contributed by atoms with E-state index >= 15 is 0 Å². The average molecular weight is 183 g/mol. The molecule has 2 atom stereocenters. The summed E-state index contributed by atoms with van der Waals surface area (Å²) in [5, 5.41) is 3.57. The fourth-order valence-corrected chi connectivity index (χ4v) is 2.53. The molecule has 2 rings (SSSR count). The molecule has 0 spiro atoms. The van der Waals surface area contributed by atoms with E-state index in [-0.39, 0.29) is 0 Å². The van der Waals surface area contributed by atoms with Crippen LogP contribution in [0.25, 0.3) is 0 Å². The third-order valence-electron chi connectivity index (χ3n) is 3.37. The second-order valence-electron chi connectivity index (χ2n) is 4.64. The van der Waals surface area contributed by atoms with Crippen LogP contribution in [0.4, 0.5) is 0 Å². The van der Waals surface area contributed by atoms with Crippen molar-refractivity contribution in [2.45, 2.75) is 51.2 Å². The number of ether oxygens (including phenoxy) is 1. The molecule has 2 heteroatoms. The van der Waals surface area contributed by atoms with Crippen molar-refractivity contribution in [3.63, 3.8) is 0 Å². The maximum Gasteiger partial charge on any atom is 0.0672 e. The SMILES string of the molecule is CC1CNC(CC2CCCC2)CO1. The molecular weight excluding hydrogens is 162 g/mol. The zero-order chi connectivity index (χ0) is 9.10. The van der Waals surface area contributed by atoms with Gasteiger partial charge in [-0.2, -0.15) is 0 Å². The van der Waals surface area contributed by atoms with Crippen LogP contribution in [0.15, 0.2) is 0 Å². The van der Waals surface area contributed by atoms with Crippen molar-refractivity contribution >= 4 is 0 Å². The molecule has 2 nitrogen and oxygen atoms in total. The molecule has 0 aromatic heterocycles. The third-order valence-corrected chi connectivity index (χ3v) is 3.37. The molecule has 2 aliphatic rings. The smallest absolute Gasteiger partial charge is 0.0672 e. The number of hydrogen-bond donors (Lipinski definition) is 1. The van der Waals surface area contributed by atoms with E-state index in [0.29, 0.717) is 12.1 Å². The van der Waals surface area contributed by atoms with Crippen LogP contribution in [-0.4, -0.2) is 25.3 Å². The molecule has 1 saturated heterocycles. The first-order chi connectivity index (χ1) is 6.34. The predicted octanol–water partition coefficient (Wildman–Crippen LogP) is 1.94. The summed E-state index contributed by atoms with van der Waals surface area (Å²) in [5.74, 6) is 0.981. The van der Waals surface area contributed by atoms with Crippen LogP contribution in [-0.2, 0) is 4.74 Å². The fraction of sp³-hybridized carbons (Fsp3) is 1.00. The summed E-state index contributed by atoms with van der Waals surface area (Å²) in [7, 11) is 0. The summed E-state index contributed by atoms with van der Waals surface area (Å²) in [4.78, 5) is 0.